The molecule has 0 radical (unpaired) electrons. The van der Waals surface area contributed by atoms with E-state index < -0.39 is 5.54 Å². The maximum atomic E-state index is 6.34. The van der Waals surface area contributed by atoms with Crippen molar-refractivity contribution < 1.29 is 9.26 Å². The number of hydrogen-bond acceptors (Lipinski definition) is 5. The molecule has 0 spiro atoms. The van der Waals surface area contributed by atoms with Gasteiger partial charge in [0.15, 0.2) is 12.4 Å². The van der Waals surface area contributed by atoms with Crippen LogP contribution in [0.25, 0.3) is 11.1 Å². The molecule has 0 atom stereocenters. The van der Waals surface area contributed by atoms with E-state index in [9.17, 15) is 0 Å². The zero-order valence-electron chi connectivity index (χ0n) is 13.6. The number of rotatable bonds is 5. The molecule has 25 heavy (non-hydrogen) atoms. The highest BCUT2D eigenvalue weighted by Crippen LogP contribution is 2.37. The van der Waals surface area contributed by atoms with Gasteiger partial charge in [0.1, 0.15) is 5.75 Å². The third kappa shape index (κ3) is 3.25. The number of benzene rings is 2. The summed E-state index contributed by atoms with van der Waals surface area (Å²) in [5.74, 6) is 1.53. The molecular formula is C19H18ClN3O2. The lowest BCUT2D eigenvalue weighted by Crippen LogP contribution is -2.44. The van der Waals surface area contributed by atoms with Crippen LogP contribution in [0.1, 0.15) is 31.0 Å². The van der Waals surface area contributed by atoms with Crippen LogP contribution >= 0.6 is 11.6 Å². The van der Waals surface area contributed by atoms with Gasteiger partial charge in [0, 0.05) is 0 Å². The summed E-state index contributed by atoms with van der Waals surface area (Å²) in [5.41, 5.74) is 7.90. The van der Waals surface area contributed by atoms with Crippen molar-refractivity contribution in [1.29, 1.82) is 0 Å². The maximum Gasteiger partial charge on any atom is 0.264 e. The Labute approximate surface area is 150 Å². The fourth-order valence-corrected chi connectivity index (χ4v) is 3.10. The molecule has 1 aromatic heterocycles. The van der Waals surface area contributed by atoms with Crippen LogP contribution in [-0.2, 0) is 12.1 Å². The third-order valence-corrected chi connectivity index (χ3v) is 4.84. The Morgan fingerprint density at radius 2 is 1.92 bits per heavy atom. The van der Waals surface area contributed by atoms with Crippen LogP contribution in [0.5, 0.6) is 5.75 Å². The summed E-state index contributed by atoms with van der Waals surface area (Å²) in [6.45, 7) is 0.160. The van der Waals surface area contributed by atoms with Gasteiger partial charge in [-0.25, -0.2) is 0 Å². The minimum absolute atomic E-state index is 0.160. The number of aromatic nitrogens is 2. The second-order valence-corrected chi connectivity index (χ2v) is 6.73. The Kier molecular flexibility index (Phi) is 4.19. The van der Waals surface area contributed by atoms with Crippen molar-refractivity contribution in [1.82, 2.24) is 10.1 Å². The molecule has 2 aromatic carbocycles. The highest BCUT2D eigenvalue weighted by Gasteiger charge is 2.39. The average molecular weight is 356 g/mol. The molecule has 1 aliphatic rings. The van der Waals surface area contributed by atoms with Gasteiger partial charge in [-0.15, -0.1) is 0 Å². The second kappa shape index (κ2) is 6.50. The molecular weight excluding hydrogens is 338 g/mol. The molecule has 128 valence electrons. The summed E-state index contributed by atoms with van der Waals surface area (Å²) in [7, 11) is 0. The van der Waals surface area contributed by atoms with E-state index in [1.165, 1.54) is 0 Å². The van der Waals surface area contributed by atoms with E-state index in [1.807, 2.05) is 48.5 Å². The minimum Gasteiger partial charge on any atom is -0.482 e. The van der Waals surface area contributed by atoms with Crippen molar-refractivity contribution in [2.75, 3.05) is 0 Å². The summed E-state index contributed by atoms with van der Waals surface area (Å²) in [6, 6.07) is 15.7. The fourth-order valence-electron chi connectivity index (χ4n) is 2.86. The maximum absolute atomic E-state index is 6.34. The molecule has 1 fully saturated rings. The summed E-state index contributed by atoms with van der Waals surface area (Å²) in [4.78, 5) is 4.34. The molecule has 0 bridgehead atoms. The standard InChI is InChI=1S/C19H18ClN3O2/c20-15-11-14(13-5-2-1-3-6-13)7-8-16(15)24-12-17-22-18(23-25-17)19(21)9-4-10-19/h1-3,5-8,11H,4,9-10,12,21H2. The van der Waals surface area contributed by atoms with Crippen LogP contribution in [0.2, 0.25) is 5.02 Å². The molecule has 0 aliphatic heterocycles. The number of hydrogen-bond donors (Lipinski definition) is 1. The van der Waals surface area contributed by atoms with Crippen molar-refractivity contribution in [2.45, 2.75) is 31.4 Å². The van der Waals surface area contributed by atoms with Gasteiger partial charge in [0.2, 0.25) is 0 Å². The lowest BCUT2D eigenvalue weighted by molar-refractivity contribution is 0.223. The first-order valence-electron chi connectivity index (χ1n) is 8.24. The topological polar surface area (TPSA) is 74.2 Å². The van der Waals surface area contributed by atoms with Gasteiger partial charge in [-0.05, 0) is 42.5 Å². The number of nitrogens with two attached hydrogens (primary N) is 1. The van der Waals surface area contributed by atoms with Gasteiger partial charge in [-0.1, -0.05) is 53.2 Å². The highest BCUT2D eigenvalue weighted by atomic mass is 35.5. The lowest BCUT2D eigenvalue weighted by atomic mass is 9.77. The van der Waals surface area contributed by atoms with E-state index in [1.54, 1.807) is 0 Å². The zero-order chi connectivity index (χ0) is 17.3. The van der Waals surface area contributed by atoms with Crippen molar-refractivity contribution in [3.05, 3.63) is 65.3 Å². The van der Waals surface area contributed by atoms with E-state index in [0.717, 1.165) is 30.4 Å². The monoisotopic (exact) mass is 355 g/mol. The highest BCUT2D eigenvalue weighted by molar-refractivity contribution is 6.32. The molecule has 6 heteroatoms. The average Bonchev–Trinajstić information content (AvgIpc) is 3.08. The van der Waals surface area contributed by atoms with E-state index in [-0.39, 0.29) is 6.61 Å². The van der Waals surface area contributed by atoms with Gasteiger partial charge in [-0.3, -0.25) is 0 Å². The van der Waals surface area contributed by atoms with Crippen LogP contribution < -0.4 is 10.5 Å². The van der Waals surface area contributed by atoms with Gasteiger partial charge in [-0.2, -0.15) is 4.98 Å². The lowest BCUT2D eigenvalue weighted by Gasteiger charge is -2.34. The molecule has 1 heterocycles. The number of ether oxygens (including phenoxy) is 1. The van der Waals surface area contributed by atoms with E-state index in [4.69, 9.17) is 26.6 Å². The van der Waals surface area contributed by atoms with Crippen LogP contribution in [0.15, 0.2) is 53.1 Å². The summed E-state index contributed by atoms with van der Waals surface area (Å²) in [6.07, 6.45) is 2.87. The minimum atomic E-state index is -0.434. The number of nitrogens with zero attached hydrogens (tertiary/aromatic N) is 2. The fraction of sp³-hybridized carbons (Fsp3) is 0.263. The first-order valence-corrected chi connectivity index (χ1v) is 8.62. The van der Waals surface area contributed by atoms with Crippen LogP contribution in [0.3, 0.4) is 0 Å². The van der Waals surface area contributed by atoms with Gasteiger partial charge in [0.25, 0.3) is 5.89 Å². The molecule has 5 nitrogen and oxygen atoms in total. The molecule has 3 aromatic rings. The second-order valence-electron chi connectivity index (χ2n) is 6.32. The third-order valence-electron chi connectivity index (χ3n) is 4.55. The van der Waals surface area contributed by atoms with Crippen molar-refractivity contribution in [3.63, 3.8) is 0 Å². The summed E-state index contributed by atoms with van der Waals surface area (Å²) >= 11 is 6.34. The summed E-state index contributed by atoms with van der Waals surface area (Å²) < 4.78 is 11.0. The van der Waals surface area contributed by atoms with Crippen molar-refractivity contribution in [3.8, 4) is 16.9 Å². The molecule has 1 aliphatic carbocycles. The first kappa shape index (κ1) is 16.1. The van der Waals surface area contributed by atoms with E-state index in [0.29, 0.717) is 22.5 Å². The first-order chi connectivity index (χ1) is 12.1. The predicted molar refractivity (Wildman–Crippen MR) is 95.2 cm³/mol. The SMILES string of the molecule is NC1(c2noc(COc3ccc(-c4ccccc4)cc3Cl)n2)CCC1. The van der Waals surface area contributed by atoms with Gasteiger partial charge < -0.3 is 15.0 Å². The van der Waals surface area contributed by atoms with Gasteiger partial charge in [0.05, 0.1) is 10.6 Å². The largest absolute Gasteiger partial charge is 0.482 e. The van der Waals surface area contributed by atoms with Gasteiger partial charge >= 0.3 is 0 Å². The Morgan fingerprint density at radius 3 is 2.60 bits per heavy atom. The predicted octanol–water partition coefficient (Wildman–Crippen LogP) is 4.31. The molecule has 0 unspecified atom stereocenters. The van der Waals surface area contributed by atoms with Crippen LogP contribution in [0.4, 0.5) is 0 Å². The Hall–Kier alpha value is -2.37. The quantitative estimate of drug-likeness (QED) is 0.738. The zero-order valence-corrected chi connectivity index (χ0v) is 14.4. The van der Waals surface area contributed by atoms with E-state index in [2.05, 4.69) is 10.1 Å². The van der Waals surface area contributed by atoms with Crippen molar-refractivity contribution >= 4 is 11.6 Å². The van der Waals surface area contributed by atoms with Crippen molar-refractivity contribution in [2.24, 2.45) is 5.73 Å². The Morgan fingerprint density at radius 1 is 1.12 bits per heavy atom. The normalized spacial score (nSPS) is 15.6. The number of halogens is 1. The van der Waals surface area contributed by atoms with Crippen LogP contribution in [0, 0.1) is 0 Å². The molecule has 2 N–H and O–H groups in total. The van der Waals surface area contributed by atoms with Crippen LogP contribution in [-0.4, -0.2) is 10.1 Å². The molecule has 4 rings (SSSR count). The molecule has 0 amide bonds. The Bertz CT molecular complexity index is 875. The summed E-state index contributed by atoms with van der Waals surface area (Å²) in [5, 5.41) is 4.51. The van der Waals surface area contributed by atoms with E-state index >= 15 is 0 Å². The molecule has 1 saturated carbocycles. The molecule has 0 saturated heterocycles. The Balaban J connectivity index is 1.45. The smallest absolute Gasteiger partial charge is 0.264 e.